The molecule has 4 rings (SSSR count). The Labute approximate surface area is 195 Å². The molecule has 0 aliphatic heterocycles. The molecule has 2 aromatic heterocycles. The van der Waals surface area contributed by atoms with E-state index >= 15 is 0 Å². The number of sulfonamides is 2. The standard InChI is InChI=1S/C22H22FN3O6S2/c1-3-33(29,30)26(34(31,32)4-2)20-16-6-5-11-24-19(16)21(27)18-17(20)13-25(22(18)28)12-14-7-9-15(23)10-8-14/h5-11,13,27-28H,3-4,12H2,1-2H3. The van der Waals surface area contributed by atoms with E-state index < -0.39 is 49.0 Å². The minimum atomic E-state index is -4.34. The number of hydrogen-bond donors (Lipinski definition) is 2. The van der Waals surface area contributed by atoms with E-state index in [1.54, 1.807) is 0 Å². The van der Waals surface area contributed by atoms with Gasteiger partial charge >= 0.3 is 0 Å². The summed E-state index contributed by atoms with van der Waals surface area (Å²) in [4.78, 5) is 4.11. The molecular weight excluding hydrogens is 485 g/mol. The summed E-state index contributed by atoms with van der Waals surface area (Å²) in [5.41, 5.74) is 0.315. The van der Waals surface area contributed by atoms with Gasteiger partial charge in [-0.05, 0) is 43.7 Å². The van der Waals surface area contributed by atoms with Crippen molar-refractivity contribution >= 4 is 47.4 Å². The lowest BCUT2D eigenvalue weighted by molar-refractivity contribution is 0.425. The minimum absolute atomic E-state index is 0.00617. The fourth-order valence-electron chi connectivity index (χ4n) is 3.80. The highest BCUT2D eigenvalue weighted by Crippen LogP contribution is 2.47. The first-order valence-corrected chi connectivity index (χ1v) is 13.6. The highest BCUT2D eigenvalue weighted by atomic mass is 32.3. The molecule has 0 bridgehead atoms. The molecule has 0 aliphatic rings. The Hall–Kier alpha value is -3.38. The zero-order valence-corrected chi connectivity index (χ0v) is 19.9. The van der Waals surface area contributed by atoms with Crippen molar-refractivity contribution < 1.29 is 31.4 Å². The number of phenolic OH excluding ortho intramolecular Hbond substituents is 1. The second-order valence-corrected chi connectivity index (χ2v) is 12.0. The number of aromatic nitrogens is 2. The van der Waals surface area contributed by atoms with Crippen LogP contribution in [-0.2, 0) is 26.6 Å². The molecule has 0 atom stereocenters. The van der Waals surface area contributed by atoms with Gasteiger partial charge in [0, 0.05) is 23.2 Å². The number of hydrogen-bond acceptors (Lipinski definition) is 7. The SMILES string of the molecule is CCS(=O)(=O)N(c1c2cccnc2c(O)c2c(O)n(Cc3ccc(F)cc3)cc12)S(=O)(=O)CC. The third-order valence-corrected chi connectivity index (χ3v) is 9.71. The lowest BCUT2D eigenvalue weighted by Gasteiger charge is -2.25. The van der Waals surface area contributed by atoms with Gasteiger partial charge in [0.05, 0.1) is 29.1 Å². The highest BCUT2D eigenvalue weighted by molar-refractivity contribution is 8.10. The maximum atomic E-state index is 13.3. The second kappa shape index (κ2) is 8.44. The van der Waals surface area contributed by atoms with Crippen LogP contribution in [0.15, 0.2) is 48.8 Å². The predicted octanol–water partition coefficient (Wildman–Crippen LogP) is 3.29. The number of phenols is 1. The first-order valence-electron chi connectivity index (χ1n) is 10.3. The third kappa shape index (κ3) is 3.82. The molecule has 34 heavy (non-hydrogen) atoms. The van der Waals surface area contributed by atoms with Gasteiger partial charge in [0.15, 0.2) is 5.75 Å². The van der Waals surface area contributed by atoms with Crippen LogP contribution in [-0.4, -0.2) is 48.1 Å². The molecule has 12 heteroatoms. The van der Waals surface area contributed by atoms with Crippen molar-refractivity contribution in [3.8, 4) is 11.6 Å². The van der Waals surface area contributed by atoms with Crippen molar-refractivity contribution in [2.45, 2.75) is 20.4 Å². The molecule has 0 unspecified atom stereocenters. The summed E-state index contributed by atoms with van der Waals surface area (Å²) in [6.07, 6.45) is 2.72. The van der Waals surface area contributed by atoms with Gasteiger partial charge in [-0.25, -0.2) is 21.2 Å². The number of pyridine rings is 1. The van der Waals surface area contributed by atoms with Crippen LogP contribution < -0.4 is 3.71 Å². The van der Waals surface area contributed by atoms with Crippen LogP contribution in [0.5, 0.6) is 11.6 Å². The summed E-state index contributed by atoms with van der Waals surface area (Å²) >= 11 is 0. The van der Waals surface area contributed by atoms with Gasteiger partial charge in [0.1, 0.15) is 11.3 Å². The zero-order chi connectivity index (χ0) is 24.8. The second-order valence-electron chi connectivity index (χ2n) is 7.59. The Balaban J connectivity index is 2.13. The topological polar surface area (TPSA) is 130 Å². The number of halogens is 1. The number of rotatable bonds is 7. The number of nitrogens with zero attached hydrogens (tertiary/aromatic N) is 3. The average molecular weight is 508 g/mol. The molecule has 0 spiro atoms. The number of anilines is 1. The molecule has 0 saturated heterocycles. The van der Waals surface area contributed by atoms with Crippen LogP contribution in [0.2, 0.25) is 0 Å². The maximum absolute atomic E-state index is 13.3. The molecule has 2 N–H and O–H groups in total. The molecule has 0 saturated carbocycles. The van der Waals surface area contributed by atoms with Crippen LogP contribution in [0.4, 0.5) is 10.1 Å². The Morgan fingerprint density at radius 1 is 0.971 bits per heavy atom. The monoisotopic (exact) mass is 507 g/mol. The van der Waals surface area contributed by atoms with Gasteiger partial charge in [-0.15, -0.1) is 0 Å². The van der Waals surface area contributed by atoms with Gasteiger partial charge in [-0.1, -0.05) is 12.1 Å². The maximum Gasteiger partial charge on any atom is 0.247 e. The summed E-state index contributed by atoms with van der Waals surface area (Å²) in [5, 5.41) is 21.8. The highest BCUT2D eigenvalue weighted by Gasteiger charge is 2.36. The van der Waals surface area contributed by atoms with E-state index in [1.807, 2.05) is 0 Å². The van der Waals surface area contributed by atoms with Gasteiger partial charge in [0.2, 0.25) is 25.9 Å². The smallest absolute Gasteiger partial charge is 0.247 e. The van der Waals surface area contributed by atoms with Crippen LogP contribution in [0, 0.1) is 5.82 Å². The van der Waals surface area contributed by atoms with Crippen molar-refractivity contribution in [3.63, 3.8) is 0 Å². The van der Waals surface area contributed by atoms with Gasteiger partial charge in [0.25, 0.3) is 0 Å². The van der Waals surface area contributed by atoms with Crippen molar-refractivity contribution in [2.75, 3.05) is 15.2 Å². The van der Waals surface area contributed by atoms with Gasteiger partial charge in [-0.2, -0.15) is 3.71 Å². The zero-order valence-electron chi connectivity index (χ0n) is 18.3. The fourth-order valence-corrected chi connectivity index (χ4v) is 7.23. The third-order valence-electron chi connectivity index (χ3n) is 5.51. The summed E-state index contributed by atoms with van der Waals surface area (Å²) in [7, 11) is -8.69. The normalized spacial score (nSPS) is 12.4. The predicted molar refractivity (Wildman–Crippen MR) is 127 cm³/mol. The molecular formula is C22H22FN3O6S2. The Morgan fingerprint density at radius 2 is 1.59 bits per heavy atom. The average Bonchev–Trinajstić information content (AvgIpc) is 3.13. The molecule has 2 heterocycles. The molecule has 4 aromatic rings. The number of benzene rings is 2. The molecule has 180 valence electrons. The van der Waals surface area contributed by atoms with Crippen molar-refractivity contribution in [1.29, 1.82) is 0 Å². The first kappa shape index (κ1) is 23.8. The quantitative estimate of drug-likeness (QED) is 0.393. The molecule has 9 nitrogen and oxygen atoms in total. The van der Waals surface area contributed by atoms with Crippen molar-refractivity contribution in [1.82, 2.24) is 9.55 Å². The summed E-state index contributed by atoms with van der Waals surface area (Å²) in [6.45, 7) is 2.69. The summed E-state index contributed by atoms with van der Waals surface area (Å²) in [6, 6.07) is 8.46. The Morgan fingerprint density at radius 3 is 2.18 bits per heavy atom. The molecule has 0 fully saturated rings. The van der Waals surface area contributed by atoms with Crippen molar-refractivity contribution in [2.24, 2.45) is 0 Å². The molecule has 0 aliphatic carbocycles. The Kier molecular flexibility index (Phi) is 5.90. The van der Waals surface area contributed by atoms with E-state index in [0.29, 0.717) is 9.27 Å². The van der Waals surface area contributed by atoms with E-state index in [2.05, 4.69) is 4.98 Å². The number of aromatic hydroxyl groups is 2. The van der Waals surface area contributed by atoms with E-state index in [4.69, 9.17) is 0 Å². The van der Waals surface area contributed by atoms with E-state index in [-0.39, 0.29) is 33.9 Å². The van der Waals surface area contributed by atoms with Gasteiger partial charge in [-0.3, -0.25) is 4.98 Å². The van der Waals surface area contributed by atoms with E-state index in [9.17, 15) is 31.4 Å². The first-order chi connectivity index (χ1) is 16.0. The molecule has 0 radical (unpaired) electrons. The van der Waals surface area contributed by atoms with Crippen LogP contribution in [0.25, 0.3) is 21.7 Å². The molecule has 0 amide bonds. The van der Waals surface area contributed by atoms with Crippen LogP contribution in [0.3, 0.4) is 0 Å². The fraction of sp³-hybridized carbons (Fsp3) is 0.227. The van der Waals surface area contributed by atoms with E-state index in [1.165, 1.54) is 67.2 Å². The minimum Gasteiger partial charge on any atom is -0.505 e. The van der Waals surface area contributed by atoms with Crippen LogP contribution >= 0.6 is 0 Å². The lowest BCUT2D eigenvalue weighted by atomic mass is 10.1. The van der Waals surface area contributed by atoms with Gasteiger partial charge < -0.3 is 14.8 Å². The largest absolute Gasteiger partial charge is 0.505 e. The summed E-state index contributed by atoms with van der Waals surface area (Å²) in [5.74, 6) is -2.29. The van der Waals surface area contributed by atoms with Crippen LogP contribution in [0.1, 0.15) is 19.4 Å². The van der Waals surface area contributed by atoms with E-state index in [0.717, 1.165) is 0 Å². The molecule has 2 aromatic carbocycles. The Bertz CT molecular complexity index is 1580. The van der Waals surface area contributed by atoms with Crippen molar-refractivity contribution in [3.05, 3.63) is 60.2 Å². The lowest BCUT2D eigenvalue weighted by Crippen LogP contribution is -2.39. The summed E-state index contributed by atoms with van der Waals surface area (Å²) < 4.78 is 67.2. The number of fused-ring (bicyclic) bond motifs is 2.